The molecule has 2 aromatic rings. The molecule has 0 heterocycles. The van der Waals surface area contributed by atoms with Gasteiger partial charge in [-0.2, -0.15) is 0 Å². The van der Waals surface area contributed by atoms with Gasteiger partial charge < -0.3 is 20.5 Å². The van der Waals surface area contributed by atoms with E-state index in [9.17, 15) is 4.79 Å². The molecule has 0 spiro atoms. The minimum Gasteiger partial charge on any atom is -0.496 e. The highest BCUT2D eigenvalue weighted by atomic mass is 79.9. The molecular weight excluding hydrogens is 336 g/mol. The number of anilines is 2. The van der Waals surface area contributed by atoms with Crippen LogP contribution in [0.1, 0.15) is 10.4 Å². The van der Waals surface area contributed by atoms with Gasteiger partial charge in [0.05, 0.1) is 24.4 Å². The van der Waals surface area contributed by atoms with Gasteiger partial charge in [0.2, 0.25) is 0 Å². The predicted molar refractivity (Wildman–Crippen MR) is 86.1 cm³/mol. The van der Waals surface area contributed by atoms with Crippen molar-refractivity contribution >= 4 is 33.2 Å². The Labute approximate surface area is 131 Å². The zero-order valence-electron chi connectivity index (χ0n) is 11.6. The second kappa shape index (κ2) is 6.49. The summed E-state index contributed by atoms with van der Waals surface area (Å²) >= 11 is 3.35. The summed E-state index contributed by atoms with van der Waals surface area (Å²) in [4.78, 5) is 12.2. The van der Waals surface area contributed by atoms with E-state index in [1.807, 2.05) is 0 Å². The van der Waals surface area contributed by atoms with Crippen LogP contribution in [-0.4, -0.2) is 20.1 Å². The summed E-state index contributed by atoms with van der Waals surface area (Å²) in [5.41, 5.74) is 7.39. The number of hydrogen-bond donors (Lipinski definition) is 2. The van der Waals surface area contributed by atoms with Gasteiger partial charge in [-0.25, -0.2) is 0 Å². The third-order valence-electron chi connectivity index (χ3n) is 2.90. The van der Waals surface area contributed by atoms with Crippen molar-refractivity contribution in [1.82, 2.24) is 0 Å². The van der Waals surface area contributed by atoms with Crippen molar-refractivity contribution in [3.63, 3.8) is 0 Å². The second-order valence-corrected chi connectivity index (χ2v) is 5.11. The maximum atomic E-state index is 12.2. The van der Waals surface area contributed by atoms with Gasteiger partial charge in [-0.15, -0.1) is 0 Å². The number of rotatable bonds is 4. The second-order valence-electron chi connectivity index (χ2n) is 4.26. The van der Waals surface area contributed by atoms with E-state index in [1.54, 1.807) is 50.6 Å². The van der Waals surface area contributed by atoms with Crippen LogP contribution in [0.4, 0.5) is 11.4 Å². The Hall–Kier alpha value is -2.21. The number of ether oxygens (including phenoxy) is 2. The lowest BCUT2D eigenvalue weighted by atomic mass is 10.2. The molecule has 6 heteroatoms. The van der Waals surface area contributed by atoms with Crippen molar-refractivity contribution in [2.45, 2.75) is 0 Å². The summed E-state index contributed by atoms with van der Waals surface area (Å²) in [6.07, 6.45) is 0. The zero-order valence-corrected chi connectivity index (χ0v) is 13.2. The van der Waals surface area contributed by atoms with Gasteiger partial charge in [-0.3, -0.25) is 4.79 Å². The number of carbonyl (C=O) groups is 1. The molecule has 1 amide bonds. The molecule has 3 N–H and O–H groups in total. The van der Waals surface area contributed by atoms with Crippen molar-refractivity contribution < 1.29 is 14.3 Å². The van der Waals surface area contributed by atoms with Crippen LogP contribution in [0.3, 0.4) is 0 Å². The minimum absolute atomic E-state index is 0.233. The van der Waals surface area contributed by atoms with E-state index < -0.39 is 0 Å². The van der Waals surface area contributed by atoms with E-state index in [2.05, 4.69) is 21.2 Å². The van der Waals surface area contributed by atoms with E-state index in [1.165, 1.54) is 0 Å². The maximum Gasteiger partial charge on any atom is 0.255 e. The summed E-state index contributed by atoms with van der Waals surface area (Å²) in [6.45, 7) is 0. The average Bonchev–Trinajstić information content (AvgIpc) is 2.47. The summed E-state index contributed by atoms with van der Waals surface area (Å²) in [5, 5.41) is 2.78. The summed E-state index contributed by atoms with van der Waals surface area (Å²) in [7, 11) is 3.11. The summed E-state index contributed by atoms with van der Waals surface area (Å²) in [5.74, 6) is 1.00. The normalized spacial score (nSPS) is 10.0. The van der Waals surface area contributed by atoms with E-state index in [4.69, 9.17) is 15.2 Å². The third kappa shape index (κ3) is 3.46. The fourth-order valence-electron chi connectivity index (χ4n) is 1.82. The standard InChI is InChI=1S/C15H15BrN2O3/c1-20-13-5-3-9(7-11(13)16)15(19)18-10-4-6-14(21-2)12(17)8-10/h3-8H,17H2,1-2H3,(H,18,19). The molecule has 0 aliphatic rings. The van der Waals surface area contributed by atoms with Crippen molar-refractivity contribution in [3.8, 4) is 11.5 Å². The third-order valence-corrected chi connectivity index (χ3v) is 3.52. The largest absolute Gasteiger partial charge is 0.496 e. The first-order valence-corrected chi connectivity index (χ1v) is 6.93. The summed E-state index contributed by atoms with van der Waals surface area (Å²) in [6, 6.07) is 10.2. The number of benzene rings is 2. The van der Waals surface area contributed by atoms with Crippen molar-refractivity contribution in [2.24, 2.45) is 0 Å². The molecule has 0 bridgehead atoms. The fraction of sp³-hybridized carbons (Fsp3) is 0.133. The Balaban J connectivity index is 2.18. The number of carbonyl (C=O) groups excluding carboxylic acids is 1. The highest BCUT2D eigenvalue weighted by Gasteiger charge is 2.10. The van der Waals surface area contributed by atoms with Gasteiger partial charge >= 0.3 is 0 Å². The van der Waals surface area contributed by atoms with Crippen LogP contribution in [0.5, 0.6) is 11.5 Å². The number of nitrogen functional groups attached to an aromatic ring is 1. The summed E-state index contributed by atoms with van der Waals surface area (Å²) < 4.78 is 10.9. The molecule has 2 rings (SSSR count). The number of nitrogens with one attached hydrogen (secondary N) is 1. The number of nitrogens with two attached hydrogens (primary N) is 1. The number of methoxy groups -OCH3 is 2. The predicted octanol–water partition coefficient (Wildman–Crippen LogP) is 3.30. The van der Waals surface area contributed by atoms with Crippen LogP contribution in [0.25, 0.3) is 0 Å². The smallest absolute Gasteiger partial charge is 0.255 e. The zero-order chi connectivity index (χ0) is 15.4. The van der Waals surface area contributed by atoms with Crippen LogP contribution < -0.4 is 20.5 Å². The number of amides is 1. The SMILES string of the molecule is COc1ccc(NC(=O)c2ccc(OC)c(Br)c2)cc1N. The molecule has 0 atom stereocenters. The Morgan fingerprint density at radius 1 is 1.10 bits per heavy atom. The van der Waals surface area contributed by atoms with Crippen LogP contribution in [-0.2, 0) is 0 Å². The molecule has 0 fully saturated rings. The Morgan fingerprint density at radius 2 is 1.76 bits per heavy atom. The fourth-order valence-corrected chi connectivity index (χ4v) is 2.36. The van der Waals surface area contributed by atoms with Gasteiger partial charge in [0, 0.05) is 11.3 Å². The molecule has 2 aromatic carbocycles. The molecule has 0 saturated heterocycles. The Morgan fingerprint density at radius 3 is 2.33 bits per heavy atom. The van der Waals surface area contributed by atoms with Crippen LogP contribution in [0.15, 0.2) is 40.9 Å². The first-order valence-electron chi connectivity index (χ1n) is 6.13. The van der Waals surface area contributed by atoms with Crippen molar-refractivity contribution in [1.29, 1.82) is 0 Å². The van der Waals surface area contributed by atoms with E-state index in [0.717, 1.165) is 0 Å². The van der Waals surface area contributed by atoms with Gasteiger partial charge in [0.25, 0.3) is 5.91 Å². The van der Waals surface area contributed by atoms with Crippen LogP contribution in [0.2, 0.25) is 0 Å². The molecule has 0 aromatic heterocycles. The van der Waals surface area contributed by atoms with Gasteiger partial charge in [-0.1, -0.05) is 0 Å². The van der Waals surface area contributed by atoms with Crippen molar-refractivity contribution in [3.05, 3.63) is 46.4 Å². The molecule has 0 aliphatic carbocycles. The first-order chi connectivity index (χ1) is 10.0. The minimum atomic E-state index is -0.233. The lowest BCUT2D eigenvalue weighted by Gasteiger charge is -2.10. The maximum absolute atomic E-state index is 12.2. The molecule has 110 valence electrons. The quantitative estimate of drug-likeness (QED) is 0.829. The molecule has 21 heavy (non-hydrogen) atoms. The van der Waals surface area contributed by atoms with E-state index in [0.29, 0.717) is 32.9 Å². The number of halogens is 1. The van der Waals surface area contributed by atoms with E-state index >= 15 is 0 Å². The topological polar surface area (TPSA) is 73.6 Å². The average molecular weight is 351 g/mol. The molecular formula is C15H15BrN2O3. The lowest BCUT2D eigenvalue weighted by Crippen LogP contribution is -2.12. The van der Waals surface area contributed by atoms with E-state index in [-0.39, 0.29) is 5.91 Å². The van der Waals surface area contributed by atoms with Crippen LogP contribution in [0, 0.1) is 0 Å². The number of hydrogen-bond acceptors (Lipinski definition) is 4. The van der Waals surface area contributed by atoms with Crippen molar-refractivity contribution in [2.75, 3.05) is 25.3 Å². The van der Waals surface area contributed by atoms with Gasteiger partial charge in [0.15, 0.2) is 0 Å². The first kappa shape index (κ1) is 15.2. The molecule has 0 aliphatic heterocycles. The molecule has 0 saturated carbocycles. The van der Waals surface area contributed by atoms with Crippen LogP contribution >= 0.6 is 15.9 Å². The monoisotopic (exact) mass is 350 g/mol. The molecule has 5 nitrogen and oxygen atoms in total. The Bertz CT molecular complexity index is 674. The molecule has 0 radical (unpaired) electrons. The van der Waals surface area contributed by atoms with Gasteiger partial charge in [0.1, 0.15) is 11.5 Å². The highest BCUT2D eigenvalue weighted by Crippen LogP contribution is 2.27. The van der Waals surface area contributed by atoms with Gasteiger partial charge in [-0.05, 0) is 52.3 Å². The molecule has 0 unspecified atom stereocenters. The highest BCUT2D eigenvalue weighted by molar-refractivity contribution is 9.10. The Kier molecular flexibility index (Phi) is 4.70. The lowest BCUT2D eigenvalue weighted by molar-refractivity contribution is 0.102.